The number of tetrazole rings is 1. The van der Waals surface area contributed by atoms with Crippen molar-refractivity contribution in [3.05, 3.63) is 59.2 Å². The summed E-state index contributed by atoms with van der Waals surface area (Å²) in [6.07, 6.45) is 0. The number of benzene rings is 2. The van der Waals surface area contributed by atoms with Crippen molar-refractivity contribution >= 4 is 11.6 Å². The van der Waals surface area contributed by atoms with Gasteiger partial charge in [0.05, 0.1) is 6.54 Å². The molecule has 0 fully saturated rings. The van der Waals surface area contributed by atoms with Crippen LogP contribution in [0.15, 0.2) is 36.4 Å². The first-order valence-electron chi connectivity index (χ1n) is 7.04. The van der Waals surface area contributed by atoms with E-state index in [-0.39, 0.29) is 17.7 Å². The number of carbonyl (C=O) groups excluding carboxylic acids is 1. The molecule has 4 N–H and O–H groups in total. The van der Waals surface area contributed by atoms with Crippen LogP contribution in [-0.2, 0) is 6.54 Å². The predicted molar refractivity (Wildman–Crippen MR) is 82.4 cm³/mol. The minimum atomic E-state index is -1.02. The number of nitrogen functional groups attached to an aromatic ring is 1. The van der Waals surface area contributed by atoms with E-state index in [9.17, 15) is 13.6 Å². The lowest BCUT2D eigenvalue weighted by molar-refractivity contribution is 0.0705. The average molecular weight is 346 g/mol. The monoisotopic (exact) mass is 346 g/mol. The summed E-state index contributed by atoms with van der Waals surface area (Å²) in [6.45, 7) is -0.286. The Labute approximate surface area is 139 Å². The van der Waals surface area contributed by atoms with E-state index in [0.29, 0.717) is 17.1 Å². The van der Waals surface area contributed by atoms with Gasteiger partial charge >= 0.3 is 0 Å². The van der Waals surface area contributed by atoms with Crippen molar-refractivity contribution in [3.63, 3.8) is 0 Å². The molecule has 1 aromatic heterocycles. The van der Waals surface area contributed by atoms with Crippen LogP contribution in [0.2, 0.25) is 0 Å². The van der Waals surface area contributed by atoms with Gasteiger partial charge < -0.3 is 5.73 Å². The Morgan fingerprint density at radius 3 is 2.44 bits per heavy atom. The van der Waals surface area contributed by atoms with Crippen LogP contribution in [0.3, 0.4) is 0 Å². The molecule has 0 bridgehead atoms. The van der Waals surface area contributed by atoms with Crippen molar-refractivity contribution in [2.45, 2.75) is 6.54 Å². The maximum absolute atomic E-state index is 14.2. The topological polar surface area (TPSA) is 119 Å². The zero-order valence-corrected chi connectivity index (χ0v) is 12.6. The molecule has 0 saturated carbocycles. The van der Waals surface area contributed by atoms with E-state index in [1.54, 1.807) is 24.3 Å². The van der Waals surface area contributed by atoms with Gasteiger partial charge in [-0.15, -0.1) is 5.10 Å². The number of hydrogen-bond donors (Lipinski definition) is 3. The van der Waals surface area contributed by atoms with Crippen LogP contribution >= 0.6 is 0 Å². The Hall–Kier alpha value is -3.40. The summed E-state index contributed by atoms with van der Waals surface area (Å²) in [5.74, 6) is -2.64. The van der Waals surface area contributed by atoms with Crippen LogP contribution in [0.4, 0.5) is 14.5 Å². The number of halogens is 2. The molecule has 0 saturated heterocycles. The van der Waals surface area contributed by atoms with Crippen LogP contribution in [0, 0.1) is 11.6 Å². The smallest absolute Gasteiger partial charge is 0.274 e. The third kappa shape index (κ3) is 3.28. The number of hydrogen-bond acceptors (Lipinski definition) is 6. The average Bonchev–Trinajstić information content (AvgIpc) is 3.06. The molecule has 8 nitrogen and oxygen atoms in total. The molecule has 0 spiro atoms. The molecule has 3 aromatic rings. The number of amides is 1. The van der Waals surface area contributed by atoms with E-state index < -0.39 is 17.5 Å². The number of nitrogens with one attached hydrogen (secondary N) is 1. The quantitative estimate of drug-likeness (QED) is 0.373. The first-order valence-corrected chi connectivity index (χ1v) is 7.04. The molecule has 0 aliphatic rings. The van der Waals surface area contributed by atoms with Crippen molar-refractivity contribution in [1.29, 1.82) is 0 Å². The Bertz CT molecular complexity index is 903. The third-order valence-electron chi connectivity index (χ3n) is 3.51. The van der Waals surface area contributed by atoms with Gasteiger partial charge in [-0.05, 0) is 46.8 Å². The number of nitrogens with two attached hydrogens (primary N) is 1. The Morgan fingerprint density at radius 2 is 1.84 bits per heavy atom. The van der Waals surface area contributed by atoms with Crippen molar-refractivity contribution in [2.75, 3.05) is 5.73 Å². The summed E-state index contributed by atoms with van der Waals surface area (Å²) in [6, 6.07) is 8.29. The lowest BCUT2D eigenvalue weighted by Gasteiger charge is -2.09. The highest BCUT2D eigenvalue weighted by atomic mass is 19.1. The fourth-order valence-corrected chi connectivity index (χ4v) is 2.25. The van der Waals surface area contributed by atoms with Gasteiger partial charge in [0.15, 0.2) is 5.82 Å². The highest BCUT2D eigenvalue weighted by Crippen LogP contribution is 2.21. The van der Waals surface area contributed by atoms with Crippen molar-refractivity contribution in [3.8, 4) is 11.4 Å². The van der Waals surface area contributed by atoms with E-state index in [0.717, 1.165) is 12.1 Å². The molecule has 1 amide bonds. The number of hydroxylamine groups is 1. The highest BCUT2D eigenvalue weighted by Gasteiger charge is 2.18. The summed E-state index contributed by atoms with van der Waals surface area (Å²) in [5.41, 5.74) is 7.44. The summed E-state index contributed by atoms with van der Waals surface area (Å²) < 4.78 is 29.6. The third-order valence-corrected chi connectivity index (χ3v) is 3.51. The summed E-state index contributed by atoms with van der Waals surface area (Å²) in [4.78, 5) is 11.3. The van der Waals surface area contributed by atoms with Crippen molar-refractivity contribution < 1.29 is 18.8 Å². The van der Waals surface area contributed by atoms with Crippen LogP contribution in [0.5, 0.6) is 0 Å². The second-order valence-corrected chi connectivity index (χ2v) is 5.14. The summed E-state index contributed by atoms with van der Waals surface area (Å²) >= 11 is 0. The maximum Gasteiger partial charge on any atom is 0.274 e. The standard InChI is InChI=1S/C15H12F2N6O2/c16-12-5-9(15(24)20-25)6-13(17)11(12)7-23-14(19-21-22-23)8-1-3-10(18)4-2-8/h1-6,25H,7,18H2,(H,20,24). The van der Waals surface area contributed by atoms with Crippen LogP contribution < -0.4 is 11.2 Å². The van der Waals surface area contributed by atoms with Crippen LogP contribution in [0.1, 0.15) is 15.9 Å². The highest BCUT2D eigenvalue weighted by molar-refractivity contribution is 5.93. The fraction of sp³-hybridized carbons (Fsp3) is 0.0667. The summed E-state index contributed by atoms with van der Waals surface area (Å²) in [5, 5.41) is 19.7. The van der Waals surface area contributed by atoms with Crippen molar-refractivity contribution in [2.24, 2.45) is 0 Å². The molecular formula is C15H12F2N6O2. The Kier molecular flexibility index (Phi) is 4.35. The number of carbonyl (C=O) groups is 1. The largest absolute Gasteiger partial charge is 0.399 e. The molecule has 0 aliphatic heterocycles. The molecular weight excluding hydrogens is 334 g/mol. The first kappa shape index (κ1) is 16.5. The number of nitrogens with zero attached hydrogens (tertiary/aromatic N) is 4. The number of rotatable bonds is 4. The molecule has 2 aromatic carbocycles. The van der Waals surface area contributed by atoms with Gasteiger partial charge in [0.1, 0.15) is 11.6 Å². The molecule has 10 heteroatoms. The zero-order valence-electron chi connectivity index (χ0n) is 12.6. The molecule has 0 radical (unpaired) electrons. The van der Waals surface area contributed by atoms with Crippen LogP contribution in [-0.4, -0.2) is 31.3 Å². The van der Waals surface area contributed by atoms with Gasteiger partial charge in [-0.3, -0.25) is 10.0 Å². The number of anilines is 1. The first-order chi connectivity index (χ1) is 12.0. The van der Waals surface area contributed by atoms with Gasteiger partial charge in [-0.1, -0.05) is 0 Å². The van der Waals surface area contributed by atoms with Gasteiger partial charge in [-0.2, -0.15) is 0 Å². The normalized spacial score (nSPS) is 10.7. The second-order valence-electron chi connectivity index (χ2n) is 5.14. The van der Waals surface area contributed by atoms with E-state index in [1.165, 1.54) is 10.2 Å². The van der Waals surface area contributed by atoms with E-state index in [2.05, 4.69) is 15.5 Å². The minimum absolute atomic E-state index is 0.286. The molecule has 128 valence electrons. The van der Waals surface area contributed by atoms with Gasteiger partial charge in [0.2, 0.25) is 0 Å². The molecule has 0 atom stereocenters. The second kappa shape index (κ2) is 6.61. The fourth-order valence-electron chi connectivity index (χ4n) is 2.25. The molecule has 0 unspecified atom stereocenters. The van der Waals surface area contributed by atoms with Gasteiger partial charge in [0.25, 0.3) is 5.91 Å². The Morgan fingerprint density at radius 1 is 1.20 bits per heavy atom. The maximum atomic E-state index is 14.2. The lowest BCUT2D eigenvalue weighted by Crippen LogP contribution is -2.19. The molecule has 25 heavy (non-hydrogen) atoms. The minimum Gasteiger partial charge on any atom is -0.399 e. The van der Waals surface area contributed by atoms with Crippen molar-refractivity contribution in [1.82, 2.24) is 25.7 Å². The lowest BCUT2D eigenvalue weighted by atomic mass is 10.1. The Balaban J connectivity index is 1.95. The zero-order chi connectivity index (χ0) is 18.0. The van der Waals surface area contributed by atoms with E-state index in [1.807, 2.05) is 0 Å². The van der Waals surface area contributed by atoms with E-state index >= 15 is 0 Å². The SMILES string of the molecule is Nc1ccc(-c2nnnn2Cc2c(F)cc(C(=O)NO)cc2F)cc1. The summed E-state index contributed by atoms with van der Waals surface area (Å²) in [7, 11) is 0. The van der Waals surface area contributed by atoms with Gasteiger partial charge in [-0.25, -0.2) is 18.9 Å². The molecule has 1 heterocycles. The predicted octanol–water partition coefficient (Wildman–Crippen LogP) is 1.37. The van der Waals surface area contributed by atoms with Gasteiger partial charge in [0, 0.05) is 22.4 Å². The molecule has 0 aliphatic carbocycles. The van der Waals surface area contributed by atoms with E-state index in [4.69, 9.17) is 10.9 Å². The number of aromatic nitrogens is 4. The molecule has 3 rings (SSSR count). The van der Waals surface area contributed by atoms with Crippen LogP contribution in [0.25, 0.3) is 11.4 Å².